The topological polar surface area (TPSA) is 85.6 Å². The van der Waals surface area contributed by atoms with E-state index < -0.39 is 0 Å². The minimum Gasteiger partial charge on any atom is -0.326 e. The summed E-state index contributed by atoms with van der Waals surface area (Å²) in [7, 11) is 0. The Hall–Kier alpha value is -3.13. The average molecular weight is 404 g/mol. The van der Waals surface area contributed by atoms with Gasteiger partial charge < -0.3 is 5.32 Å². The Bertz CT molecular complexity index is 1100. The minimum atomic E-state index is -0.387. The van der Waals surface area contributed by atoms with Crippen LogP contribution in [-0.4, -0.2) is 31.1 Å². The Morgan fingerprint density at radius 3 is 2.62 bits per heavy atom. The number of amides is 1. The van der Waals surface area contributed by atoms with Gasteiger partial charge in [0, 0.05) is 12.1 Å². The predicted molar refractivity (Wildman–Crippen MR) is 112 cm³/mol. The number of tetrazole rings is 1. The van der Waals surface area contributed by atoms with E-state index in [-0.39, 0.29) is 11.3 Å². The molecular formula is C21H20N6OS. The van der Waals surface area contributed by atoms with Crippen molar-refractivity contribution >= 4 is 33.1 Å². The molecule has 5 rings (SSSR count). The standard InChI is InChI=1S/C21H20N6OS/c28-20(23-15-7-9-16(10-8-15)27-14-22-25-26-27)21(11-3-4-12-21)13-19-24-17-5-1-2-6-18(17)29-19/h1-2,5-10,14H,3-4,11-13H2,(H,23,28). The molecule has 29 heavy (non-hydrogen) atoms. The molecule has 1 saturated carbocycles. The van der Waals surface area contributed by atoms with Crippen molar-refractivity contribution in [3.05, 3.63) is 59.9 Å². The zero-order chi connectivity index (χ0) is 19.7. The number of thiazole rings is 1. The second kappa shape index (κ2) is 7.36. The van der Waals surface area contributed by atoms with Gasteiger partial charge in [-0.3, -0.25) is 4.79 Å². The number of anilines is 1. The number of fused-ring (bicyclic) bond motifs is 1. The molecule has 0 saturated heterocycles. The molecule has 7 nitrogen and oxygen atoms in total. The highest BCUT2D eigenvalue weighted by molar-refractivity contribution is 7.18. The van der Waals surface area contributed by atoms with Crippen LogP contribution in [0.2, 0.25) is 0 Å². The lowest BCUT2D eigenvalue weighted by atomic mass is 9.81. The first-order chi connectivity index (χ1) is 14.2. The molecule has 0 spiro atoms. The number of hydrogen-bond donors (Lipinski definition) is 1. The summed E-state index contributed by atoms with van der Waals surface area (Å²) >= 11 is 1.69. The van der Waals surface area contributed by atoms with Crippen LogP contribution in [-0.2, 0) is 11.2 Å². The van der Waals surface area contributed by atoms with Crippen molar-refractivity contribution in [1.82, 2.24) is 25.2 Å². The SMILES string of the molecule is O=C(Nc1ccc(-n2cnnn2)cc1)C1(Cc2nc3ccccc3s2)CCCC1. The maximum atomic E-state index is 13.3. The van der Waals surface area contributed by atoms with E-state index in [1.54, 1.807) is 22.3 Å². The van der Waals surface area contributed by atoms with Gasteiger partial charge in [0.15, 0.2) is 0 Å². The van der Waals surface area contributed by atoms with Gasteiger partial charge >= 0.3 is 0 Å². The molecule has 1 aliphatic rings. The van der Waals surface area contributed by atoms with Gasteiger partial charge in [0.2, 0.25) is 5.91 Å². The summed E-state index contributed by atoms with van der Waals surface area (Å²) in [6, 6.07) is 15.7. The van der Waals surface area contributed by atoms with E-state index in [9.17, 15) is 4.79 Å². The quantitative estimate of drug-likeness (QED) is 0.543. The summed E-state index contributed by atoms with van der Waals surface area (Å²) in [6.45, 7) is 0. The number of rotatable bonds is 5. The number of para-hydroxylation sites is 1. The molecule has 2 aromatic heterocycles. The summed E-state index contributed by atoms with van der Waals surface area (Å²) in [5.74, 6) is 0.0874. The molecule has 4 aromatic rings. The number of nitrogens with one attached hydrogen (secondary N) is 1. The molecule has 1 fully saturated rings. The summed E-state index contributed by atoms with van der Waals surface area (Å²) in [4.78, 5) is 18.1. The van der Waals surface area contributed by atoms with Crippen LogP contribution < -0.4 is 5.32 Å². The molecule has 2 aromatic carbocycles. The van der Waals surface area contributed by atoms with Crippen LogP contribution in [0.1, 0.15) is 30.7 Å². The van der Waals surface area contributed by atoms with E-state index >= 15 is 0 Å². The van der Waals surface area contributed by atoms with Crippen molar-refractivity contribution in [2.75, 3.05) is 5.32 Å². The van der Waals surface area contributed by atoms with Crippen LogP contribution in [0.5, 0.6) is 0 Å². The third kappa shape index (κ3) is 3.51. The number of carbonyl (C=O) groups excluding carboxylic acids is 1. The van der Waals surface area contributed by atoms with Crippen LogP contribution >= 0.6 is 11.3 Å². The Morgan fingerprint density at radius 1 is 1.10 bits per heavy atom. The maximum absolute atomic E-state index is 13.3. The lowest BCUT2D eigenvalue weighted by Crippen LogP contribution is -2.35. The van der Waals surface area contributed by atoms with Gasteiger partial charge in [-0.1, -0.05) is 25.0 Å². The van der Waals surface area contributed by atoms with Gasteiger partial charge in [-0.15, -0.1) is 16.4 Å². The van der Waals surface area contributed by atoms with E-state index in [4.69, 9.17) is 4.98 Å². The highest BCUT2D eigenvalue weighted by atomic mass is 32.1. The lowest BCUT2D eigenvalue weighted by molar-refractivity contribution is -0.125. The molecule has 0 atom stereocenters. The number of aromatic nitrogens is 5. The zero-order valence-electron chi connectivity index (χ0n) is 15.8. The third-order valence-corrected chi connectivity index (χ3v) is 6.65. The highest BCUT2D eigenvalue weighted by Crippen LogP contribution is 2.43. The Morgan fingerprint density at radius 2 is 1.90 bits per heavy atom. The first-order valence-corrected chi connectivity index (χ1v) is 10.5. The fraction of sp³-hybridized carbons (Fsp3) is 0.286. The minimum absolute atomic E-state index is 0.0874. The second-order valence-corrected chi connectivity index (χ2v) is 8.61. The van der Waals surface area contributed by atoms with Crippen LogP contribution in [0, 0.1) is 5.41 Å². The smallest absolute Gasteiger partial charge is 0.231 e. The van der Waals surface area contributed by atoms with Crippen molar-refractivity contribution in [2.24, 2.45) is 5.41 Å². The number of hydrogen-bond acceptors (Lipinski definition) is 6. The maximum Gasteiger partial charge on any atom is 0.231 e. The number of benzene rings is 2. The first-order valence-electron chi connectivity index (χ1n) is 9.71. The van der Waals surface area contributed by atoms with Crippen molar-refractivity contribution in [3.8, 4) is 5.69 Å². The van der Waals surface area contributed by atoms with Gasteiger partial charge in [-0.05, 0) is 59.7 Å². The van der Waals surface area contributed by atoms with E-state index in [0.717, 1.165) is 47.6 Å². The van der Waals surface area contributed by atoms with E-state index in [1.807, 2.05) is 42.5 Å². The summed E-state index contributed by atoms with van der Waals surface area (Å²) in [5.41, 5.74) is 2.25. The van der Waals surface area contributed by atoms with E-state index in [0.29, 0.717) is 6.42 Å². The Kier molecular flexibility index (Phi) is 4.55. The van der Waals surface area contributed by atoms with Crippen LogP contribution in [0.15, 0.2) is 54.9 Å². The molecule has 146 valence electrons. The second-order valence-electron chi connectivity index (χ2n) is 7.49. The van der Waals surface area contributed by atoms with E-state index in [2.05, 4.69) is 26.9 Å². The first kappa shape index (κ1) is 17.9. The van der Waals surface area contributed by atoms with Crippen LogP contribution in [0.4, 0.5) is 5.69 Å². The van der Waals surface area contributed by atoms with Gasteiger partial charge in [-0.25, -0.2) is 9.67 Å². The van der Waals surface area contributed by atoms with Gasteiger partial charge in [-0.2, -0.15) is 0 Å². The highest BCUT2D eigenvalue weighted by Gasteiger charge is 2.42. The molecular weight excluding hydrogens is 384 g/mol. The third-order valence-electron chi connectivity index (χ3n) is 5.61. The Labute approximate surface area is 171 Å². The fourth-order valence-electron chi connectivity index (χ4n) is 4.06. The normalized spacial score (nSPS) is 15.6. The summed E-state index contributed by atoms with van der Waals surface area (Å²) < 4.78 is 2.76. The van der Waals surface area contributed by atoms with Crippen molar-refractivity contribution in [1.29, 1.82) is 0 Å². The molecule has 8 heteroatoms. The summed E-state index contributed by atoms with van der Waals surface area (Å²) in [6.07, 6.45) is 6.20. The fourth-order valence-corrected chi connectivity index (χ4v) is 5.17. The number of nitrogens with zero attached hydrogens (tertiary/aromatic N) is 5. The lowest BCUT2D eigenvalue weighted by Gasteiger charge is -2.26. The molecule has 1 aliphatic carbocycles. The number of carbonyl (C=O) groups is 1. The van der Waals surface area contributed by atoms with Crippen LogP contribution in [0.25, 0.3) is 15.9 Å². The van der Waals surface area contributed by atoms with E-state index in [1.165, 1.54) is 4.70 Å². The average Bonchev–Trinajstić information content (AvgIpc) is 3.49. The van der Waals surface area contributed by atoms with Crippen molar-refractivity contribution in [2.45, 2.75) is 32.1 Å². The Balaban J connectivity index is 1.35. The molecule has 0 radical (unpaired) electrons. The summed E-state index contributed by atoms with van der Waals surface area (Å²) in [5, 5.41) is 15.3. The monoisotopic (exact) mass is 404 g/mol. The zero-order valence-corrected chi connectivity index (χ0v) is 16.6. The molecule has 2 heterocycles. The largest absolute Gasteiger partial charge is 0.326 e. The molecule has 0 unspecified atom stereocenters. The predicted octanol–water partition coefficient (Wildman–Crippen LogP) is 4.01. The molecule has 1 amide bonds. The van der Waals surface area contributed by atoms with Crippen molar-refractivity contribution in [3.63, 3.8) is 0 Å². The van der Waals surface area contributed by atoms with Crippen molar-refractivity contribution < 1.29 is 4.79 Å². The van der Waals surface area contributed by atoms with Crippen LogP contribution in [0.3, 0.4) is 0 Å². The molecule has 1 N–H and O–H groups in total. The molecule has 0 aliphatic heterocycles. The molecule has 0 bridgehead atoms. The van der Waals surface area contributed by atoms with Gasteiger partial charge in [0.25, 0.3) is 0 Å². The van der Waals surface area contributed by atoms with Gasteiger partial charge in [0.05, 0.1) is 26.3 Å². The van der Waals surface area contributed by atoms with Gasteiger partial charge in [0.1, 0.15) is 6.33 Å².